The van der Waals surface area contributed by atoms with E-state index in [1.165, 1.54) is 5.56 Å². The van der Waals surface area contributed by atoms with Crippen molar-refractivity contribution in [2.24, 2.45) is 10.7 Å². The number of rotatable bonds is 4. The third-order valence-electron chi connectivity index (χ3n) is 4.20. The normalized spacial score (nSPS) is 15.7. The van der Waals surface area contributed by atoms with Crippen molar-refractivity contribution in [3.63, 3.8) is 0 Å². The molecule has 3 nitrogen and oxygen atoms in total. The summed E-state index contributed by atoms with van der Waals surface area (Å²) >= 11 is 0. The summed E-state index contributed by atoms with van der Waals surface area (Å²) in [6.45, 7) is 4.75. The van der Waals surface area contributed by atoms with Crippen molar-refractivity contribution in [3.8, 4) is 0 Å². The molecule has 0 spiro atoms. The zero-order valence-electron chi connectivity index (χ0n) is 13.7. The zero-order chi connectivity index (χ0) is 16.4. The van der Waals surface area contributed by atoms with Gasteiger partial charge < -0.3 is 5.73 Å². The quantitative estimate of drug-likeness (QED) is 0.878. The Morgan fingerprint density at radius 2 is 1.91 bits per heavy atom. The smallest absolute Gasteiger partial charge is 0.168 e. The molecule has 1 heterocycles. The molecule has 3 rings (SSSR count). The maximum Gasteiger partial charge on any atom is 0.168 e. The maximum atomic E-state index is 12.6. The van der Waals surface area contributed by atoms with E-state index in [0.29, 0.717) is 13.0 Å². The summed E-state index contributed by atoms with van der Waals surface area (Å²) in [5, 5.41) is 0. The van der Waals surface area contributed by atoms with Crippen molar-refractivity contribution in [1.29, 1.82) is 0 Å². The molecule has 3 heteroatoms. The van der Waals surface area contributed by atoms with E-state index in [9.17, 15) is 4.79 Å². The molecule has 0 fully saturated rings. The number of benzene rings is 2. The fourth-order valence-electron chi connectivity index (χ4n) is 3.15. The molecule has 2 aromatic rings. The summed E-state index contributed by atoms with van der Waals surface area (Å²) < 4.78 is 0. The summed E-state index contributed by atoms with van der Waals surface area (Å²) in [5.74, 6) is 0.107. The first-order valence-corrected chi connectivity index (χ1v) is 7.98. The fraction of sp³-hybridized carbons (Fsp3) is 0.300. The predicted molar refractivity (Wildman–Crippen MR) is 94.0 cm³/mol. The van der Waals surface area contributed by atoms with Crippen LogP contribution < -0.4 is 5.73 Å². The number of hydrogen-bond acceptors (Lipinski definition) is 3. The topological polar surface area (TPSA) is 55.5 Å². The van der Waals surface area contributed by atoms with E-state index in [1.54, 1.807) is 0 Å². The van der Waals surface area contributed by atoms with Gasteiger partial charge in [-0.25, -0.2) is 0 Å². The Morgan fingerprint density at radius 1 is 1.17 bits per heavy atom. The first-order chi connectivity index (χ1) is 11.0. The molecule has 1 aliphatic rings. The average Bonchev–Trinajstić information content (AvgIpc) is 2.54. The van der Waals surface area contributed by atoms with Crippen LogP contribution in [-0.2, 0) is 13.0 Å². The minimum Gasteiger partial charge on any atom is -0.326 e. The van der Waals surface area contributed by atoms with Gasteiger partial charge in [-0.05, 0) is 37.0 Å². The van der Waals surface area contributed by atoms with Crippen LogP contribution in [0.2, 0.25) is 0 Å². The lowest BCUT2D eigenvalue weighted by molar-refractivity contribution is 0.100. The SMILES string of the molecule is CC1(C)Cc2cc(CN)ccc2C(CC(=O)c2ccccc2)=N1. The Kier molecular flexibility index (Phi) is 4.14. The van der Waals surface area contributed by atoms with E-state index in [2.05, 4.69) is 26.0 Å². The number of carbonyl (C=O) groups excluding carboxylic acids is 1. The lowest BCUT2D eigenvalue weighted by Gasteiger charge is -2.29. The van der Waals surface area contributed by atoms with Crippen LogP contribution in [-0.4, -0.2) is 17.0 Å². The Morgan fingerprint density at radius 3 is 2.61 bits per heavy atom. The van der Waals surface area contributed by atoms with Crippen LogP contribution in [0.5, 0.6) is 0 Å². The van der Waals surface area contributed by atoms with Gasteiger partial charge in [-0.15, -0.1) is 0 Å². The summed E-state index contributed by atoms with van der Waals surface area (Å²) in [6, 6.07) is 15.6. The Hall–Kier alpha value is -2.26. The van der Waals surface area contributed by atoms with Gasteiger partial charge in [0.25, 0.3) is 0 Å². The average molecular weight is 306 g/mol. The molecule has 0 amide bonds. The third kappa shape index (κ3) is 3.40. The van der Waals surface area contributed by atoms with Crippen molar-refractivity contribution >= 4 is 11.5 Å². The van der Waals surface area contributed by atoms with Gasteiger partial charge in [-0.1, -0.05) is 48.5 Å². The highest BCUT2D eigenvalue weighted by atomic mass is 16.1. The van der Waals surface area contributed by atoms with Gasteiger partial charge in [0.1, 0.15) is 0 Å². The molecular weight excluding hydrogens is 284 g/mol. The highest BCUT2D eigenvalue weighted by Gasteiger charge is 2.27. The van der Waals surface area contributed by atoms with E-state index < -0.39 is 0 Å². The third-order valence-corrected chi connectivity index (χ3v) is 4.20. The van der Waals surface area contributed by atoms with Crippen LogP contribution in [0.15, 0.2) is 53.5 Å². The van der Waals surface area contributed by atoms with E-state index >= 15 is 0 Å². The van der Waals surface area contributed by atoms with Crippen LogP contribution in [0.4, 0.5) is 0 Å². The summed E-state index contributed by atoms with van der Waals surface area (Å²) in [6.07, 6.45) is 1.21. The molecule has 0 aliphatic carbocycles. The molecule has 0 radical (unpaired) electrons. The van der Waals surface area contributed by atoms with Gasteiger partial charge in [0.15, 0.2) is 5.78 Å². The number of ketones is 1. The molecule has 23 heavy (non-hydrogen) atoms. The van der Waals surface area contributed by atoms with Gasteiger partial charge in [-0.3, -0.25) is 9.79 Å². The Bertz CT molecular complexity index is 760. The second kappa shape index (κ2) is 6.09. The molecule has 1 aliphatic heterocycles. The molecule has 0 aromatic heterocycles. The molecule has 118 valence electrons. The zero-order valence-corrected chi connectivity index (χ0v) is 13.7. The number of nitrogens with zero attached hydrogens (tertiary/aromatic N) is 1. The van der Waals surface area contributed by atoms with E-state index in [-0.39, 0.29) is 11.3 Å². The van der Waals surface area contributed by atoms with Crippen LogP contribution in [0.3, 0.4) is 0 Å². The number of fused-ring (bicyclic) bond motifs is 1. The lowest BCUT2D eigenvalue weighted by atomic mass is 9.84. The highest BCUT2D eigenvalue weighted by Crippen LogP contribution is 2.29. The molecule has 0 saturated heterocycles. The van der Waals surface area contributed by atoms with Crippen LogP contribution >= 0.6 is 0 Å². The van der Waals surface area contributed by atoms with Crippen LogP contribution in [0.25, 0.3) is 0 Å². The summed E-state index contributed by atoms with van der Waals surface area (Å²) in [4.78, 5) is 17.4. The molecular formula is C20H22N2O. The number of Topliss-reactive ketones (excluding diaryl/α,β-unsaturated/α-hetero) is 1. The Labute approximate surface area is 137 Å². The summed E-state index contributed by atoms with van der Waals surface area (Å²) in [7, 11) is 0. The first kappa shape index (κ1) is 15.6. The standard InChI is InChI=1S/C20H22N2O/c1-20(2)12-16-10-14(13-21)8-9-17(16)18(22-20)11-19(23)15-6-4-3-5-7-15/h3-10H,11-13,21H2,1-2H3. The number of hydrogen-bond donors (Lipinski definition) is 1. The second-order valence-electron chi connectivity index (χ2n) is 6.71. The molecule has 0 unspecified atom stereocenters. The van der Waals surface area contributed by atoms with Crippen LogP contribution in [0, 0.1) is 0 Å². The molecule has 0 saturated carbocycles. The van der Waals surface area contributed by atoms with Crippen molar-refractivity contribution in [2.45, 2.75) is 38.8 Å². The molecule has 2 N–H and O–H groups in total. The first-order valence-electron chi connectivity index (χ1n) is 7.98. The van der Waals surface area contributed by atoms with Gasteiger partial charge in [-0.2, -0.15) is 0 Å². The predicted octanol–water partition coefficient (Wildman–Crippen LogP) is 3.54. The van der Waals surface area contributed by atoms with Crippen molar-refractivity contribution < 1.29 is 4.79 Å². The number of carbonyl (C=O) groups is 1. The highest BCUT2D eigenvalue weighted by molar-refractivity contribution is 6.16. The van der Waals surface area contributed by atoms with Gasteiger partial charge in [0, 0.05) is 12.1 Å². The minimum absolute atomic E-state index is 0.107. The van der Waals surface area contributed by atoms with Crippen molar-refractivity contribution in [1.82, 2.24) is 0 Å². The fourth-order valence-corrected chi connectivity index (χ4v) is 3.15. The Balaban J connectivity index is 1.95. The van der Waals surface area contributed by atoms with Crippen molar-refractivity contribution in [3.05, 3.63) is 70.8 Å². The monoisotopic (exact) mass is 306 g/mol. The second-order valence-corrected chi connectivity index (χ2v) is 6.71. The lowest BCUT2D eigenvalue weighted by Crippen LogP contribution is -2.30. The van der Waals surface area contributed by atoms with Gasteiger partial charge in [0.05, 0.1) is 17.7 Å². The minimum atomic E-state index is -0.188. The van der Waals surface area contributed by atoms with Gasteiger partial charge >= 0.3 is 0 Å². The number of aliphatic imine (C=N–C) groups is 1. The number of nitrogens with two attached hydrogens (primary N) is 1. The molecule has 0 bridgehead atoms. The van der Waals surface area contributed by atoms with Gasteiger partial charge in [0.2, 0.25) is 0 Å². The molecule has 0 atom stereocenters. The van der Waals surface area contributed by atoms with Crippen molar-refractivity contribution in [2.75, 3.05) is 0 Å². The van der Waals surface area contributed by atoms with E-state index in [1.807, 2.05) is 36.4 Å². The maximum absolute atomic E-state index is 12.6. The summed E-state index contributed by atoms with van der Waals surface area (Å²) in [5.41, 5.74) is 10.6. The molecule has 2 aromatic carbocycles. The van der Waals surface area contributed by atoms with E-state index in [0.717, 1.165) is 28.8 Å². The van der Waals surface area contributed by atoms with E-state index in [4.69, 9.17) is 10.7 Å². The largest absolute Gasteiger partial charge is 0.326 e. The van der Waals surface area contributed by atoms with Crippen LogP contribution in [0.1, 0.15) is 47.3 Å².